The third kappa shape index (κ3) is 11.6. The zero-order valence-corrected chi connectivity index (χ0v) is 67.7. The molecule has 0 saturated carbocycles. The van der Waals surface area contributed by atoms with Crippen molar-refractivity contribution < 1.29 is 0 Å². The Labute approximate surface area is 720 Å². The maximum absolute atomic E-state index is 5.05. The van der Waals surface area contributed by atoms with Crippen LogP contribution in [0.2, 0.25) is 0 Å². The SMILES string of the molecule is c1ccc(-c2nc(-c3ccccc3)nc(-c3cccc(-c4cccc5c4Cc4c(-c6ccc7c(c6)C(c6ccccc6)(c6ccccc6)c6ccccc6-7)cccc4-5)c3)n2)cc1.c1ccc(-c2nc(-c3ccccc3)nc(-c3cccc(-c4cccc5c4Cc4c(-c6ccc7c(c6)C6(c8ccccc8-c8ccccc86)c6ccccc6-7)cccc4-5)c3)n2)cc1. The molecule has 124 heavy (non-hydrogen) atoms. The quantitative estimate of drug-likeness (QED) is 0.121. The number of benzene rings is 18. The molecule has 5 aliphatic rings. The average molecular weight is 1580 g/mol. The molecule has 0 amide bonds. The average Bonchev–Trinajstić information content (AvgIpc) is 1.51. The van der Waals surface area contributed by atoms with Gasteiger partial charge in [-0.05, 0) is 204 Å². The molecule has 0 bridgehead atoms. The molecule has 25 rings (SSSR count). The second-order valence-corrected chi connectivity index (χ2v) is 32.9. The van der Waals surface area contributed by atoms with Crippen molar-refractivity contribution >= 4 is 0 Å². The Hall–Kier alpha value is -16.0. The molecule has 6 nitrogen and oxygen atoms in total. The fourth-order valence-electron chi connectivity index (χ4n) is 21.0. The Morgan fingerprint density at radius 3 is 0.661 bits per heavy atom. The van der Waals surface area contributed by atoms with Crippen LogP contribution in [0.3, 0.4) is 0 Å². The number of nitrogens with zero attached hydrogens (tertiary/aromatic N) is 6. The normalized spacial score (nSPS) is 13.1. The Bertz CT molecular complexity index is 7070. The molecule has 2 heterocycles. The van der Waals surface area contributed by atoms with Crippen LogP contribution in [0.15, 0.2) is 437 Å². The Morgan fingerprint density at radius 2 is 0.347 bits per heavy atom. The van der Waals surface area contributed by atoms with Gasteiger partial charge in [0.2, 0.25) is 0 Å². The van der Waals surface area contributed by atoms with Gasteiger partial charge in [-0.2, -0.15) is 0 Å². The largest absolute Gasteiger partial charge is 0.208 e. The minimum Gasteiger partial charge on any atom is -0.208 e. The molecule has 0 fully saturated rings. The second-order valence-electron chi connectivity index (χ2n) is 32.9. The zero-order valence-electron chi connectivity index (χ0n) is 67.7. The van der Waals surface area contributed by atoms with Crippen LogP contribution in [0, 0.1) is 0 Å². The smallest absolute Gasteiger partial charge is 0.164 e. The van der Waals surface area contributed by atoms with Gasteiger partial charge in [-0.25, -0.2) is 29.9 Å². The molecule has 0 saturated heterocycles. The lowest BCUT2D eigenvalue weighted by Gasteiger charge is -2.34. The summed E-state index contributed by atoms with van der Waals surface area (Å²) in [6, 6.07) is 158. The molecule has 6 heteroatoms. The van der Waals surface area contributed by atoms with E-state index in [1.54, 1.807) is 0 Å². The van der Waals surface area contributed by atoms with Crippen LogP contribution < -0.4 is 0 Å². The van der Waals surface area contributed by atoms with Gasteiger partial charge < -0.3 is 0 Å². The van der Waals surface area contributed by atoms with Gasteiger partial charge in [0.15, 0.2) is 34.9 Å². The molecule has 0 N–H and O–H groups in total. The second kappa shape index (κ2) is 29.5. The maximum Gasteiger partial charge on any atom is 0.164 e. The van der Waals surface area contributed by atoms with Gasteiger partial charge in [0.25, 0.3) is 0 Å². The first-order valence-electron chi connectivity index (χ1n) is 42.7. The highest BCUT2D eigenvalue weighted by molar-refractivity contribution is 5.99. The topological polar surface area (TPSA) is 77.3 Å². The van der Waals surface area contributed by atoms with Crippen LogP contribution in [0.1, 0.15) is 66.8 Å². The van der Waals surface area contributed by atoms with Gasteiger partial charge in [0, 0.05) is 33.4 Å². The van der Waals surface area contributed by atoms with Crippen molar-refractivity contribution in [3.05, 3.63) is 504 Å². The summed E-state index contributed by atoms with van der Waals surface area (Å²) >= 11 is 0. The van der Waals surface area contributed by atoms with Crippen molar-refractivity contribution in [2.45, 2.75) is 23.7 Å². The molecule has 578 valence electrons. The summed E-state index contributed by atoms with van der Waals surface area (Å²) in [7, 11) is 0. The number of hydrogen-bond donors (Lipinski definition) is 0. The number of aromatic nitrogens is 6. The van der Waals surface area contributed by atoms with E-state index in [9.17, 15) is 0 Å². The van der Waals surface area contributed by atoms with E-state index in [4.69, 9.17) is 29.9 Å². The molecule has 0 unspecified atom stereocenters. The lowest BCUT2D eigenvalue weighted by Crippen LogP contribution is -2.28. The van der Waals surface area contributed by atoms with Crippen LogP contribution in [0.25, 0.3) is 168 Å². The molecular weight excluding hydrogens is 1500 g/mol. The lowest BCUT2D eigenvalue weighted by molar-refractivity contribution is 0.769. The summed E-state index contributed by atoms with van der Waals surface area (Å²) in [4.78, 5) is 30.1. The maximum atomic E-state index is 5.05. The molecule has 0 radical (unpaired) electrons. The van der Waals surface area contributed by atoms with Crippen molar-refractivity contribution in [3.8, 4) is 168 Å². The summed E-state index contributed by atoms with van der Waals surface area (Å²) < 4.78 is 0. The van der Waals surface area contributed by atoms with Crippen molar-refractivity contribution in [2.75, 3.05) is 0 Å². The van der Waals surface area contributed by atoms with Crippen LogP contribution in [-0.4, -0.2) is 29.9 Å². The van der Waals surface area contributed by atoms with E-state index in [2.05, 4.69) is 340 Å². The van der Waals surface area contributed by atoms with Crippen LogP contribution in [0.5, 0.6) is 0 Å². The van der Waals surface area contributed by atoms with E-state index >= 15 is 0 Å². The van der Waals surface area contributed by atoms with Gasteiger partial charge in [-0.3, -0.25) is 0 Å². The van der Waals surface area contributed by atoms with Gasteiger partial charge in [-0.1, -0.05) is 413 Å². The highest BCUT2D eigenvalue weighted by Gasteiger charge is 2.52. The van der Waals surface area contributed by atoms with Crippen LogP contribution in [-0.2, 0) is 23.7 Å². The first-order valence-corrected chi connectivity index (χ1v) is 42.7. The van der Waals surface area contributed by atoms with E-state index in [-0.39, 0.29) is 5.41 Å². The molecule has 0 atom stereocenters. The van der Waals surface area contributed by atoms with Crippen molar-refractivity contribution in [2.24, 2.45) is 0 Å². The Kier molecular flexibility index (Phi) is 17.1. The predicted molar refractivity (Wildman–Crippen MR) is 504 cm³/mol. The summed E-state index contributed by atoms with van der Waals surface area (Å²) in [5, 5.41) is 0. The number of fused-ring (bicyclic) bond motifs is 19. The third-order valence-electron chi connectivity index (χ3n) is 26.3. The van der Waals surface area contributed by atoms with Gasteiger partial charge >= 0.3 is 0 Å². The van der Waals surface area contributed by atoms with E-state index in [1.807, 2.05) is 97.1 Å². The fraction of sp³-hybridized carbons (Fsp3) is 0.0339. The zero-order chi connectivity index (χ0) is 81.8. The van der Waals surface area contributed by atoms with Gasteiger partial charge in [0.1, 0.15) is 0 Å². The summed E-state index contributed by atoms with van der Waals surface area (Å²) in [6.45, 7) is 0. The molecule has 1 spiro atoms. The monoisotopic (exact) mass is 1580 g/mol. The summed E-state index contributed by atoms with van der Waals surface area (Å²) in [5.41, 5.74) is 43.9. The molecule has 18 aromatic carbocycles. The Morgan fingerprint density at radius 1 is 0.137 bits per heavy atom. The summed E-state index contributed by atoms with van der Waals surface area (Å²) in [6.07, 6.45) is 1.68. The number of rotatable bonds is 12. The predicted octanol–water partition coefficient (Wildman–Crippen LogP) is 28.3. The van der Waals surface area contributed by atoms with E-state index < -0.39 is 5.41 Å². The summed E-state index contributed by atoms with van der Waals surface area (Å²) in [5.74, 6) is 3.94. The first-order chi connectivity index (χ1) is 61.5. The molecule has 20 aromatic rings. The minimum absolute atomic E-state index is 0.378. The molecule has 0 aliphatic heterocycles. The van der Waals surface area contributed by atoms with Crippen molar-refractivity contribution in [1.29, 1.82) is 0 Å². The standard InChI is InChI=1S/C59H37N3.C59H39N3/c1-3-16-37(17-4-1)56-60-57(38-18-5-2-6-19-38)62-58(61-56)41-21-13-20-39(34-41)42-25-14-27-44-45-28-15-26-43(51(45)36-50(42)44)40-32-33-49-48-24-9-12-31-54(48)59(55(49)35-40)52-29-10-7-22-46(52)47-23-8-11-30-53(47)59;1-5-18-39(19-6-1)56-60-57(40-20-7-2-8-21-40)62-58(61-56)43-23-15-22-41(36-43)46-29-16-31-48-49-32-17-30-47(53(49)38-52(46)48)42-34-35-51-50-28-13-14-33-54(50)59(55(51)37-42,44-24-9-3-10-25-44)45-26-11-4-12-27-45/h1-35H,36H2;1-37H,38H2. The molecular formula is C118H76N6. The van der Waals surface area contributed by atoms with E-state index in [1.165, 1.54) is 156 Å². The Balaban J connectivity index is 0.000000139. The first kappa shape index (κ1) is 72.0. The molecule has 2 aromatic heterocycles. The van der Waals surface area contributed by atoms with Crippen LogP contribution >= 0.6 is 0 Å². The van der Waals surface area contributed by atoms with Crippen molar-refractivity contribution in [1.82, 2.24) is 29.9 Å². The van der Waals surface area contributed by atoms with Crippen molar-refractivity contribution in [3.63, 3.8) is 0 Å². The van der Waals surface area contributed by atoms with Gasteiger partial charge in [0.05, 0.1) is 10.8 Å². The van der Waals surface area contributed by atoms with E-state index in [0.29, 0.717) is 34.9 Å². The minimum atomic E-state index is -0.453. The highest BCUT2D eigenvalue weighted by atomic mass is 15.0. The third-order valence-corrected chi connectivity index (χ3v) is 26.3. The highest BCUT2D eigenvalue weighted by Crippen LogP contribution is 2.64. The fourth-order valence-corrected chi connectivity index (χ4v) is 21.0. The molecule has 5 aliphatic carbocycles. The lowest BCUT2D eigenvalue weighted by atomic mass is 9.67. The van der Waals surface area contributed by atoms with E-state index in [0.717, 1.165) is 57.3 Å². The van der Waals surface area contributed by atoms with Gasteiger partial charge in [-0.15, -0.1) is 0 Å². The number of hydrogen-bond acceptors (Lipinski definition) is 6. The van der Waals surface area contributed by atoms with Crippen LogP contribution in [0.4, 0.5) is 0 Å².